The predicted octanol–water partition coefficient (Wildman–Crippen LogP) is 1.34. The van der Waals surface area contributed by atoms with Crippen molar-refractivity contribution in [3.05, 3.63) is 42.0 Å². The molecule has 120 valence electrons. The van der Waals surface area contributed by atoms with Crippen LogP contribution < -0.4 is 10.5 Å². The van der Waals surface area contributed by atoms with Gasteiger partial charge in [-0.1, -0.05) is 0 Å². The number of benzene rings is 1. The molecule has 1 aromatic heterocycles. The third-order valence-corrected chi connectivity index (χ3v) is 4.54. The first-order chi connectivity index (χ1) is 10.3. The van der Waals surface area contributed by atoms with Crippen LogP contribution in [0.3, 0.4) is 0 Å². The Morgan fingerprint density at radius 1 is 1.45 bits per heavy atom. The van der Waals surface area contributed by atoms with Gasteiger partial charge in [0.2, 0.25) is 10.0 Å². The van der Waals surface area contributed by atoms with Crippen LogP contribution in [0, 0.1) is 12.7 Å². The monoisotopic (exact) mass is 326 g/mol. The SMILES string of the molecule is Cc1cnn(-c2ccc(S(=O)(=O)NCC[C@@H](C)N)cc2F)c1. The van der Waals surface area contributed by atoms with E-state index in [2.05, 4.69) is 9.82 Å². The van der Waals surface area contributed by atoms with Gasteiger partial charge in [-0.2, -0.15) is 5.10 Å². The maximum absolute atomic E-state index is 14.2. The highest BCUT2D eigenvalue weighted by Gasteiger charge is 2.17. The molecule has 3 N–H and O–H groups in total. The molecule has 1 heterocycles. The second kappa shape index (κ2) is 6.55. The Labute approximate surface area is 129 Å². The average Bonchev–Trinajstić information content (AvgIpc) is 2.84. The molecule has 8 heteroatoms. The number of nitrogens with one attached hydrogen (secondary N) is 1. The van der Waals surface area contributed by atoms with E-state index in [1.807, 2.05) is 6.92 Å². The van der Waals surface area contributed by atoms with Gasteiger partial charge in [-0.25, -0.2) is 22.2 Å². The van der Waals surface area contributed by atoms with Crippen LogP contribution in [0.15, 0.2) is 35.5 Å². The fourth-order valence-corrected chi connectivity index (χ4v) is 2.95. The van der Waals surface area contributed by atoms with E-state index in [0.717, 1.165) is 11.6 Å². The normalized spacial score (nSPS) is 13.3. The summed E-state index contributed by atoms with van der Waals surface area (Å²) in [7, 11) is -3.75. The molecule has 0 aliphatic heterocycles. The summed E-state index contributed by atoms with van der Waals surface area (Å²) in [5.41, 5.74) is 6.65. The summed E-state index contributed by atoms with van der Waals surface area (Å²) in [6, 6.07) is 3.62. The van der Waals surface area contributed by atoms with Crippen molar-refractivity contribution in [2.45, 2.75) is 31.2 Å². The second-order valence-corrected chi connectivity index (χ2v) is 7.01. The van der Waals surface area contributed by atoms with E-state index >= 15 is 0 Å². The van der Waals surface area contributed by atoms with Crippen molar-refractivity contribution in [1.82, 2.24) is 14.5 Å². The summed E-state index contributed by atoms with van der Waals surface area (Å²) in [6.45, 7) is 3.83. The third-order valence-electron chi connectivity index (χ3n) is 3.08. The summed E-state index contributed by atoms with van der Waals surface area (Å²) < 4.78 is 42.1. The molecule has 1 atom stereocenters. The molecule has 2 aromatic rings. The molecule has 0 bridgehead atoms. The van der Waals surface area contributed by atoms with Gasteiger partial charge in [0.15, 0.2) is 0 Å². The third kappa shape index (κ3) is 3.90. The minimum absolute atomic E-state index is 0.107. The van der Waals surface area contributed by atoms with E-state index in [1.165, 1.54) is 16.8 Å². The van der Waals surface area contributed by atoms with Gasteiger partial charge in [-0.3, -0.25) is 0 Å². The molecule has 0 saturated heterocycles. The molecule has 0 fully saturated rings. The highest BCUT2D eigenvalue weighted by atomic mass is 32.2. The first kappa shape index (κ1) is 16.6. The molecular weight excluding hydrogens is 307 g/mol. The molecule has 6 nitrogen and oxygen atoms in total. The highest BCUT2D eigenvalue weighted by molar-refractivity contribution is 7.89. The van der Waals surface area contributed by atoms with Gasteiger partial charge in [0.25, 0.3) is 0 Å². The smallest absolute Gasteiger partial charge is 0.240 e. The Morgan fingerprint density at radius 2 is 2.18 bits per heavy atom. The van der Waals surface area contributed by atoms with Crippen LogP contribution in [0.4, 0.5) is 4.39 Å². The largest absolute Gasteiger partial charge is 0.328 e. The number of sulfonamides is 1. The topological polar surface area (TPSA) is 90.0 Å². The number of hydrogen-bond acceptors (Lipinski definition) is 4. The summed E-state index contributed by atoms with van der Waals surface area (Å²) in [4.78, 5) is -0.123. The highest BCUT2D eigenvalue weighted by Crippen LogP contribution is 2.18. The molecule has 2 rings (SSSR count). The van der Waals surface area contributed by atoms with Crippen molar-refractivity contribution >= 4 is 10.0 Å². The van der Waals surface area contributed by atoms with E-state index in [4.69, 9.17) is 5.73 Å². The molecule has 0 spiro atoms. The number of rotatable bonds is 6. The van der Waals surface area contributed by atoms with E-state index < -0.39 is 15.8 Å². The lowest BCUT2D eigenvalue weighted by Crippen LogP contribution is -2.29. The van der Waals surface area contributed by atoms with Gasteiger partial charge >= 0.3 is 0 Å². The molecule has 0 aliphatic carbocycles. The zero-order valence-corrected chi connectivity index (χ0v) is 13.3. The lowest BCUT2D eigenvalue weighted by Gasteiger charge is -2.10. The van der Waals surface area contributed by atoms with Crippen molar-refractivity contribution in [1.29, 1.82) is 0 Å². The lowest BCUT2D eigenvalue weighted by atomic mass is 10.3. The zero-order chi connectivity index (χ0) is 16.3. The van der Waals surface area contributed by atoms with Crippen molar-refractivity contribution in [3.63, 3.8) is 0 Å². The van der Waals surface area contributed by atoms with Gasteiger partial charge in [-0.05, 0) is 44.0 Å². The van der Waals surface area contributed by atoms with Crippen LogP contribution in [0.25, 0.3) is 5.69 Å². The maximum Gasteiger partial charge on any atom is 0.240 e. The lowest BCUT2D eigenvalue weighted by molar-refractivity contribution is 0.567. The molecule has 0 radical (unpaired) electrons. The van der Waals surface area contributed by atoms with E-state index in [1.54, 1.807) is 19.3 Å². The van der Waals surface area contributed by atoms with Crippen LogP contribution in [0.2, 0.25) is 0 Å². The summed E-state index contributed by atoms with van der Waals surface area (Å²) in [5, 5.41) is 4.01. The van der Waals surface area contributed by atoms with Crippen molar-refractivity contribution < 1.29 is 12.8 Å². The first-order valence-electron chi connectivity index (χ1n) is 6.86. The number of halogens is 1. The molecule has 0 aliphatic rings. The molecule has 0 saturated carbocycles. The average molecular weight is 326 g/mol. The fraction of sp³-hybridized carbons (Fsp3) is 0.357. The minimum atomic E-state index is -3.75. The van der Waals surface area contributed by atoms with Gasteiger partial charge in [-0.15, -0.1) is 0 Å². The van der Waals surface area contributed by atoms with Crippen LogP contribution in [0.1, 0.15) is 18.9 Å². The van der Waals surface area contributed by atoms with Crippen molar-refractivity contribution in [3.8, 4) is 5.69 Å². The van der Waals surface area contributed by atoms with Crippen LogP contribution >= 0.6 is 0 Å². The number of nitrogens with two attached hydrogens (primary N) is 1. The van der Waals surface area contributed by atoms with E-state index in [9.17, 15) is 12.8 Å². The molecular formula is C14H19FN4O2S. The number of hydrogen-bond donors (Lipinski definition) is 2. The number of aryl methyl sites for hydroxylation is 1. The molecule has 0 amide bonds. The Morgan fingerprint density at radius 3 is 2.73 bits per heavy atom. The fourth-order valence-electron chi connectivity index (χ4n) is 1.89. The summed E-state index contributed by atoms with van der Waals surface area (Å²) in [5.74, 6) is -0.654. The van der Waals surface area contributed by atoms with E-state index in [-0.39, 0.29) is 23.2 Å². The van der Waals surface area contributed by atoms with Crippen LogP contribution in [0.5, 0.6) is 0 Å². The Kier molecular flexibility index (Phi) is 4.94. The van der Waals surface area contributed by atoms with Gasteiger partial charge < -0.3 is 5.73 Å². The molecule has 22 heavy (non-hydrogen) atoms. The van der Waals surface area contributed by atoms with Gasteiger partial charge in [0, 0.05) is 18.8 Å². The van der Waals surface area contributed by atoms with Crippen LogP contribution in [-0.2, 0) is 10.0 Å². The molecule has 1 aromatic carbocycles. The summed E-state index contributed by atoms with van der Waals surface area (Å²) >= 11 is 0. The van der Waals surface area contributed by atoms with E-state index in [0.29, 0.717) is 6.42 Å². The van der Waals surface area contributed by atoms with Crippen molar-refractivity contribution in [2.24, 2.45) is 5.73 Å². The van der Waals surface area contributed by atoms with Crippen molar-refractivity contribution in [2.75, 3.05) is 6.54 Å². The Balaban J connectivity index is 2.21. The second-order valence-electron chi connectivity index (χ2n) is 5.24. The Bertz CT molecular complexity index is 756. The quantitative estimate of drug-likeness (QED) is 0.838. The van der Waals surface area contributed by atoms with Gasteiger partial charge in [0.05, 0.1) is 11.1 Å². The zero-order valence-electron chi connectivity index (χ0n) is 12.5. The minimum Gasteiger partial charge on any atom is -0.328 e. The van der Waals surface area contributed by atoms with Crippen LogP contribution in [-0.4, -0.2) is 30.8 Å². The maximum atomic E-state index is 14.2. The van der Waals surface area contributed by atoms with Gasteiger partial charge in [0.1, 0.15) is 11.5 Å². The standard InChI is InChI=1S/C14H19FN4O2S/c1-10-8-17-19(9-10)14-4-3-12(7-13(14)15)22(20,21)18-6-5-11(2)16/h3-4,7-9,11,18H,5-6,16H2,1-2H3/t11-/m1/s1. The Hall–Kier alpha value is -1.77. The number of nitrogens with zero attached hydrogens (tertiary/aromatic N) is 2. The number of aromatic nitrogens is 2. The first-order valence-corrected chi connectivity index (χ1v) is 8.34. The summed E-state index contributed by atoms with van der Waals surface area (Å²) in [6.07, 6.45) is 3.76. The predicted molar refractivity (Wildman–Crippen MR) is 81.7 cm³/mol. The molecule has 0 unspecified atom stereocenters.